The van der Waals surface area contributed by atoms with E-state index in [1.54, 1.807) is 7.11 Å². The Hall–Kier alpha value is -2.74. The number of halogens is 4. The lowest BCUT2D eigenvalue weighted by Gasteiger charge is -2.35. The minimum Gasteiger partial charge on any atom is -0.496 e. The molecule has 0 unspecified atom stereocenters. The van der Waals surface area contributed by atoms with E-state index in [-0.39, 0.29) is 22.5 Å². The van der Waals surface area contributed by atoms with E-state index in [0.29, 0.717) is 37.4 Å². The molecule has 34 heavy (non-hydrogen) atoms. The van der Waals surface area contributed by atoms with Crippen LogP contribution < -0.4 is 10.1 Å². The zero-order chi connectivity index (χ0) is 24.5. The van der Waals surface area contributed by atoms with Crippen LogP contribution >= 0.6 is 11.6 Å². The predicted molar refractivity (Wildman–Crippen MR) is 122 cm³/mol. The smallest absolute Gasteiger partial charge is 0.416 e. The first-order valence-electron chi connectivity index (χ1n) is 11.3. The van der Waals surface area contributed by atoms with Crippen LogP contribution in [0, 0.1) is 5.92 Å². The molecule has 2 aromatic rings. The summed E-state index contributed by atoms with van der Waals surface area (Å²) >= 11 is 5.99. The maximum absolute atomic E-state index is 13.0. The molecule has 0 bridgehead atoms. The highest BCUT2D eigenvalue weighted by molar-refractivity contribution is 6.33. The first-order valence-corrected chi connectivity index (χ1v) is 11.7. The molecule has 2 amide bonds. The molecule has 2 aromatic carbocycles. The monoisotopic (exact) mass is 494 g/mol. The van der Waals surface area contributed by atoms with E-state index in [9.17, 15) is 22.8 Å². The molecule has 2 aliphatic rings. The minimum atomic E-state index is -4.55. The van der Waals surface area contributed by atoms with Crippen molar-refractivity contribution in [2.24, 2.45) is 5.92 Å². The third-order valence-corrected chi connectivity index (χ3v) is 7.03. The Balaban J connectivity index is 1.32. The molecule has 0 radical (unpaired) electrons. The SMILES string of the molecule is COc1cccc2c1CCN(C[C@H]1CC[C@H](NC(=O)c3cc(C(F)(F)F)ccc3Cl)CC1)C2=O. The number of benzene rings is 2. The summed E-state index contributed by atoms with van der Waals surface area (Å²) in [6, 6.07) is 8.13. The van der Waals surface area contributed by atoms with Gasteiger partial charge in [-0.25, -0.2) is 0 Å². The number of carbonyl (C=O) groups is 2. The standard InChI is InChI=1S/C25H26ClF3N2O3/c1-34-22-4-2-3-19-18(22)11-12-31(24(19)33)14-15-5-8-17(9-6-15)30-23(32)20-13-16(25(27,28)29)7-10-21(20)26/h2-4,7,10,13,15,17H,5-6,8-9,11-12,14H2,1H3,(H,30,32)/t15-,17-. The number of nitrogens with zero attached hydrogens (tertiary/aromatic N) is 1. The van der Waals surface area contributed by atoms with Gasteiger partial charge in [-0.1, -0.05) is 17.7 Å². The second-order valence-corrected chi connectivity index (χ2v) is 9.28. The highest BCUT2D eigenvalue weighted by atomic mass is 35.5. The lowest BCUT2D eigenvalue weighted by Crippen LogP contribution is -2.43. The van der Waals surface area contributed by atoms with Crippen molar-refractivity contribution in [3.05, 3.63) is 63.7 Å². The molecular formula is C25H26ClF3N2O3. The average Bonchev–Trinajstić information content (AvgIpc) is 2.81. The number of fused-ring (bicyclic) bond motifs is 1. The van der Waals surface area contributed by atoms with Gasteiger partial charge in [-0.05, 0) is 68.4 Å². The largest absolute Gasteiger partial charge is 0.496 e. The van der Waals surface area contributed by atoms with E-state index in [0.717, 1.165) is 48.8 Å². The Morgan fingerprint density at radius 1 is 1.18 bits per heavy atom. The van der Waals surface area contributed by atoms with E-state index in [2.05, 4.69) is 5.32 Å². The number of methoxy groups -OCH3 is 1. The quantitative estimate of drug-likeness (QED) is 0.609. The van der Waals surface area contributed by atoms with E-state index >= 15 is 0 Å². The Labute approximate surface area is 201 Å². The summed E-state index contributed by atoms with van der Waals surface area (Å²) in [7, 11) is 1.60. The van der Waals surface area contributed by atoms with Crippen molar-refractivity contribution in [1.82, 2.24) is 10.2 Å². The Morgan fingerprint density at radius 3 is 2.59 bits per heavy atom. The van der Waals surface area contributed by atoms with E-state index in [4.69, 9.17) is 16.3 Å². The van der Waals surface area contributed by atoms with Crippen molar-refractivity contribution < 1.29 is 27.5 Å². The highest BCUT2D eigenvalue weighted by Gasteiger charge is 2.33. The van der Waals surface area contributed by atoms with Gasteiger partial charge < -0.3 is 15.0 Å². The van der Waals surface area contributed by atoms with Crippen molar-refractivity contribution >= 4 is 23.4 Å². The van der Waals surface area contributed by atoms with Gasteiger partial charge >= 0.3 is 6.18 Å². The molecule has 0 spiro atoms. The number of hydrogen-bond acceptors (Lipinski definition) is 3. The van der Waals surface area contributed by atoms with Crippen LogP contribution in [0.2, 0.25) is 5.02 Å². The lowest BCUT2D eigenvalue weighted by molar-refractivity contribution is -0.137. The van der Waals surface area contributed by atoms with Crippen molar-refractivity contribution in [3.63, 3.8) is 0 Å². The first-order chi connectivity index (χ1) is 16.2. The van der Waals surface area contributed by atoms with Crippen LogP contribution in [0.4, 0.5) is 13.2 Å². The molecule has 1 N–H and O–H groups in total. The van der Waals surface area contributed by atoms with Crippen LogP contribution in [0.15, 0.2) is 36.4 Å². The number of nitrogens with one attached hydrogen (secondary N) is 1. The number of ether oxygens (including phenoxy) is 1. The molecule has 182 valence electrons. The molecule has 1 aliphatic carbocycles. The van der Waals surface area contributed by atoms with Gasteiger partial charge in [0, 0.05) is 30.3 Å². The second-order valence-electron chi connectivity index (χ2n) is 8.87. The van der Waals surface area contributed by atoms with Gasteiger partial charge in [0.05, 0.1) is 23.3 Å². The normalized spacial score (nSPS) is 20.6. The van der Waals surface area contributed by atoms with Gasteiger partial charge in [0.2, 0.25) is 0 Å². The number of carbonyl (C=O) groups excluding carboxylic acids is 2. The van der Waals surface area contributed by atoms with Crippen LogP contribution in [0.1, 0.15) is 57.5 Å². The third-order valence-electron chi connectivity index (χ3n) is 6.70. The summed E-state index contributed by atoms with van der Waals surface area (Å²) in [5.41, 5.74) is 0.554. The van der Waals surface area contributed by atoms with Crippen molar-refractivity contribution in [3.8, 4) is 5.75 Å². The fraction of sp³-hybridized carbons (Fsp3) is 0.440. The number of rotatable bonds is 5. The summed E-state index contributed by atoms with van der Waals surface area (Å²) in [5.74, 6) is 0.454. The lowest BCUT2D eigenvalue weighted by atomic mass is 9.85. The molecule has 1 aliphatic heterocycles. The van der Waals surface area contributed by atoms with Gasteiger partial charge in [-0.15, -0.1) is 0 Å². The number of hydrogen-bond donors (Lipinski definition) is 1. The van der Waals surface area contributed by atoms with Crippen LogP contribution in [-0.2, 0) is 12.6 Å². The summed E-state index contributed by atoms with van der Waals surface area (Å²) < 4.78 is 44.4. The van der Waals surface area contributed by atoms with E-state index in [1.807, 2.05) is 23.1 Å². The van der Waals surface area contributed by atoms with Gasteiger partial charge in [-0.2, -0.15) is 13.2 Å². The Kier molecular flexibility index (Phi) is 7.07. The Morgan fingerprint density at radius 2 is 1.91 bits per heavy atom. The molecule has 1 saturated carbocycles. The van der Waals surface area contributed by atoms with Gasteiger partial charge in [-0.3, -0.25) is 9.59 Å². The summed E-state index contributed by atoms with van der Waals surface area (Å²) in [4.78, 5) is 27.5. The summed E-state index contributed by atoms with van der Waals surface area (Å²) in [6.45, 7) is 1.28. The van der Waals surface area contributed by atoms with Gasteiger partial charge in [0.25, 0.3) is 11.8 Å². The maximum Gasteiger partial charge on any atom is 0.416 e. The van der Waals surface area contributed by atoms with Crippen LogP contribution in [0.25, 0.3) is 0 Å². The van der Waals surface area contributed by atoms with Crippen molar-refractivity contribution in [2.45, 2.75) is 44.3 Å². The molecule has 5 nitrogen and oxygen atoms in total. The van der Waals surface area contributed by atoms with Crippen molar-refractivity contribution in [1.29, 1.82) is 0 Å². The molecule has 1 fully saturated rings. The fourth-order valence-electron chi connectivity index (χ4n) is 4.85. The van der Waals surface area contributed by atoms with Crippen molar-refractivity contribution in [2.75, 3.05) is 20.2 Å². The number of amides is 2. The topological polar surface area (TPSA) is 58.6 Å². The predicted octanol–water partition coefficient (Wildman–Crippen LogP) is 5.35. The van der Waals surface area contributed by atoms with Crippen LogP contribution in [0.3, 0.4) is 0 Å². The van der Waals surface area contributed by atoms with Gasteiger partial charge in [0.15, 0.2) is 0 Å². The highest BCUT2D eigenvalue weighted by Crippen LogP contribution is 2.33. The summed E-state index contributed by atoms with van der Waals surface area (Å²) in [6.07, 6.45) is -0.783. The maximum atomic E-state index is 13.0. The molecule has 4 rings (SSSR count). The minimum absolute atomic E-state index is 0.00904. The average molecular weight is 495 g/mol. The molecule has 1 heterocycles. The Bertz CT molecular complexity index is 1080. The fourth-order valence-corrected chi connectivity index (χ4v) is 5.05. The first kappa shape index (κ1) is 24.4. The number of alkyl halides is 3. The molecule has 9 heteroatoms. The van der Waals surface area contributed by atoms with Gasteiger partial charge in [0.1, 0.15) is 5.75 Å². The zero-order valence-corrected chi connectivity index (χ0v) is 19.5. The van der Waals surface area contributed by atoms with Crippen LogP contribution in [-0.4, -0.2) is 43.0 Å². The summed E-state index contributed by atoms with van der Waals surface area (Å²) in [5, 5.41) is 2.81. The zero-order valence-electron chi connectivity index (χ0n) is 18.8. The molecular weight excluding hydrogens is 469 g/mol. The second kappa shape index (κ2) is 9.86. The molecule has 0 aromatic heterocycles. The van der Waals surface area contributed by atoms with E-state index < -0.39 is 17.6 Å². The van der Waals surface area contributed by atoms with E-state index in [1.165, 1.54) is 0 Å². The third kappa shape index (κ3) is 5.17. The molecule has 0 atom stereocenters. The van der Waals surface area contributed by atoms with Crippen LogP contribution in [0.5, 0.6) is 5.75 Å². The molecule has 0 saturated heterocycles.